The van der Waals surface area contributed by atoms with Crippen molar-refractivity contribution in [3.63, 3.8) is 0 Å². The average molecular weight is 397 g/mol. The summed E-state index contributed by atoms with van der Waals surface area (Å²) < 4.78 is 1.25. The number of nitrogens with zero attached hydrogens (tertiary/aromatic N) is 3. The Morgan fingerprint density at radius 1 is 0.933 bits per heavy atom. The molecule has 1 aromatic heterocycles. The Labute approximate surface area is 175 Å². The summed E-state index contributed by atoms with van der Waals surface area (Å²) in [7, 11) is 0. The maximum atomic E-state index is 13.0. The van der Waals surface area contributed by atoms with Crippen molar-refractivity contribution < 1.29 is 4.79 Å². The number of hydrogen-bond donors (Lipinski definition) is 0. The first kappa shape index (κ1) is 19.6. The van der Waals surface area contributed by atoms with E-state index in [2.05, 4.69) is 5.10 Å². The zero-order valence-corrected chi connectivity index (χ0v) is 17.1. The van der Waals surface area contributed by atoms with Crippen molar-refractivity contribution in [1.82, 2.24) is 9.78 Å². The van der Waals surface area contributed by atoms with Crippen LogP contribution in [-0.2, 0) is 11.3 Å². The number of amides is 1. The normalized spacial score (nSPS) is 10.9. The summed E-state index contributed by atoms with van der Waals surface area (Å²) >= 11 is 0. The molecule has 150 valence electrons. The fourth-order valence-electron chi connectivity index (χ4n) is 3.72. The molecule has 0 aliphatic heterocycles. The largest absolute Gasteiger partial charge is 0.311 e. The van der Waals surface area contributed by atoms with E-state index >= 15 is 0 Å². The van der Waals surface area contributed by atoms with Crippen LogP contribution in [0.25, 0.3) is 22.0 Å². The molecule has 0 saturated carbocycles. The number of likely N-dealkylation sites (N-methyl/N-ethyl adjacent to an activating group) is 1. The topological polar surface area (TPSA) is 55.2 Å². The summed E-state index contributed by atoms with van der Waals surface area (Å²) in [5, 5.41) is 6.68. The maximum Gasteiger partial charge on any atom is 0.267 e. The van der Waals surface area contributed by atoms with E-state index in [9.17, 15) is 9.59 Å². The van der Waals surface area contributed by atoms with Gasteiger partial charge in [0.1, 0.15) is 6.54 Å². The lowest BCUT2D eigenvalue weighted by Gasteiger charge is -2.23. The van der Waals surface area contributed by atoms with Crippen molar-refractivity contribution in [3.8, 4) is 11.3 Å². The Bertz CT molecular complexity index is 1270. The SMILES string of the molecule is CCN(C(=O)Cn1nc(-c2cccc3ccccc23)ccc1=O)c1ccccc1C. The number of carbonyl (C=O) groups excluding carboxylic acids is 1. The van der Waals surface area contributed by atoms with Crippen LogP contribution in [0.4, 0.5) is 5.69 Å². The highest BCUT2D eigenvalue weighted by molar-refractivity contribution is 5.96. The van der Waals surface area contributed by atoms with Crippen molar-refractivity contribution in [3.05, 3.63) is 94.8 Å². The lowest BCUT2D eigenvalue weighted by Crippen LogP contribution is -2.37. The Morgan fingerprint density at radius 3 is 2.47 bits per heavy atom. The fraction of sp³-hybridized carbons (Fsp3) is 0.160. The van der Waals surface area contributed by atoms with Crippen LogP contribution < -0.4 is 10.5 Å². The van der Waals surface area contributed by atoms with Crippen LogP contribution in [0.1, 0.15) is 12.5 Å². The minimum atomic E-state index is -0.298. The van der Waals surface area contributed by atoms with Crippen LogP contribution in [0.2, 0.25) is 0 Å². The molecule has 0 unspecified atom stereocenters. The second kappa shape index (κ2) is 8.33. The zero-order chi connectivity index (χ0) is 21.1. The Morgan fingerprint density at radius 2 is 1.67 bits per heavy atom. The quantitative estimate of drug-likeness (QED) is 0.501. The van der Waals surface area contributed by atoms with E-state index in [4.69, 9.17) is 0 Å². The van der Waals surface area contributed by atoms with E-state index in [1.807, 2.05) is 80.6 Å². The molecule has 4 aromatic rings. The van der Waals surface area contributed by atoms with Crippen LogP contribution >= 0.6 is 0 Å². The summed E-state index contributed by atoms with van der Waals surface area (Å²) in [5.41, 5.74) is 3.16. The van der Waals surface area contributed by atoms with Gasteiger partial charge in [-0.3, -0.25) is 9.59 Å². The van der Waals surface area contributed by atoms with Gasteiger partial charge >= 0.3 is 0 Å². The first-order valence-electron chi connectivity index (χ1n) is 10.0. The monoisotopic (exact) mass is 397 g/mol. The molecule has 0 aliphatic rings. The molecule has 0 radical (unpaired) electrons. The lowest BCUT2D eigenvalue weighted by molar-refractivity contribution is -0.119. The van der Waals surface area contributed by atoms with Gasteiger partial charge in [-0.25, -0.2) is 4.68 Å². The summed E-state index contributed by atoms with van der Waals surface area (Å²) in [4.78, 5) is 27.2. The van der Waals surface area contributed by atoms with E-state index in [1.54, 1.807) is 11.0 Å². The van der Waals surface area contributed by atoms with Gasteiger partial charge in [0.15, 0.2) is 0 Å². The molecule has 30 heavy (non-hydrogen) atoms. The zero-order valence-electron chi connectivity index (χ0n) is 17.1. The van der Waals surface area contributed by atoms with E-state index in [1.165, 1.54) is 10.7 Å². The predicted octanol–water partition coefficient (Wildman–Crippen LogP) is 4.43. The Kier molecular flexibility index (Phi) is 5.44. The number of para-hydroxylation sites is 1. The number of rotatable bonds is 5. The molecule has 0 N–H and O–H groups in total. The van der Waals surface area contributed by atoms with Crippen LogP contribution in [0.5, 0.6) is 0 Å². The van der Waals surface area contributed by atoms with Crippen molar-refractivity contribution in [2.75, 3.05) is 11.4 Å². The van der Waals surface area contributed by atoms with Gasteiger partial charge in [0.25, 0.3) is 5.56 Å². The Hall–Kier alpha value is -3.73. The lowest BCUT2D eigenvalue weighted by atomic mass is 10.0. The molecule has 5 heteroatoms. The first-order chi connectivity index (χ1) is 14.6. The number of fused-ring (bicyclic) bond motifs is 1. The van der Waals surface area contributed by atoms with Crippen LogP contribution in [0, 0.1) is 6.92 Å². The molecule has 3 aromatic carbocycles. The van der Waals surface area contributed by atoms with Gasteiger partial charge in [0.2, 0.25) is 5.91 Å². The van der Waals surface area contributed by atoms with E-state index in [-0.39, 0.29) is 18.0 Å². The van der Waals surface area contributed by atoms with Gasteiger partial charge in [0.05, 0.1) is 5.69 Å². The van der Waals surface area contributed by atoms with Gasteiger partial charge in [-0.1, -0.05) is 60.7 Å². The van der Waals surface area contributed by atoms with Gasteiger partial charge in [-0.15, -0.1) is 0 Å². The number of aromatic nitrogens is 2. The Balaban J connectivity index is 1.69. The predicted molar refractivity (Wildman–Crippen MR) is 121 cm³/mol. The highest BCUT2D eigenvalue weighted by Crippen LogP contribution is 2.26. The highest BCUT2D eigenvalue weighted by Gasteiger charge is 2.17. The molecule has 0 fully saturated rings. The van der Waals surface area contributed by atoms with E-state index in [0.717, 1.165) is 27.6 Å². The number of hydrogen-bond acceptors (Lipinski definition) is 3. The van der Waals surface area contributed by atoms with Crippen LogP contribution in [-0.4, -0.2) is 22.2 Å². The standard InChI is InChI=1S/C25H23N3O2/c1-3-27(23-14-7-4-9-18(23)2)25(30)17-28-24(29)16-15-22(26-28)21-13-8-11-19-10-5-6-12-20(19)21/h4-16H,3,17H2,1-2H3. The van der Waals surface area contributed by atoms with Gasteiger partial charge in [-0.05, 0) is 42.3 Å². The number of benzene rings is 3. The third kappa shape index (κ3) is 3.74. The summed E-state index contributed by atoms with van der Waals surface area (Å²) in [6.45, 7) is 4.30. The summed E-state index contributed by atoms with van der Waals surface area (Å²) in [5.74, 6) is -0.170. The highest BCUT2D eigenvalue weighted by atomic mass is 16.2. The van der Waals surface area contributed by atoms with Crippen molar-refractivity contribution >= 4 is 22.4 Å². The number of anilines is 1. The molecule has 1 amide bonds. The second-order valence-electron chi connectivity index (χ2n) is 7.17. The van der Waals surface area contributed by atoms with Gasteiger partial charge in [-0.2, -0.15) is 5.10 Å². The first-order valence-corrected chi connectivity index (χ1v) is 10.0. The number of aryl methyl sites for hydroxylation is 1. The number of carbonyl (C=O) groups is 1. The van der Waals surface area contributed by atoms with Crippen molar-refractivity contribution in [2.24, 2.45) is 0 Å². The molecule has 0 saturated heterocycles. The molecule has 0 atom stereocenters. The molecule has 0 bridgehead atoms. The molecule has 4 rings (SSSR count). The van der Waals surface area contributed by atoms with E-state index < -0.39 is 0 Å². The van der Waals surface area contributed by atoms with Crippen molar-refractivity contribution in [2.45, 2.75) is 20.4 Å². The van der Waals surface area contributed by atoms with Crippen LogP contribution in [0.15, 0.2) is 83.7 Å². The molecule has 5 nitrogen and oxygen atoms in total. The molecule has 0 spiro atoms. The van der Waals surface area contributed by atoms with Crippen molar-refractivity contribution in [1.29, 1.82) is 0 Å². The molecular weight excluding hydrogens is 374 g/mol. The third-order valence-electron chi connectivity index (χ3n) is 5.24. The van der Waals surface area contributed by atoms with Gasteiger partial charge in [0, 0.05) is 23.9 Å². The second-order valence-corrected chi connectivity index (χ2v) is 7.17. The minimum Gasteiger partial charge on any atom is -0.311 e. The van der Waals surface area contributed by atoms with Gasteiger partial charge < -0.3 is 4.90 Å². The molecular formula is C25H23N3O2. The third-order valence-corrected chi connectivity index (χ3v) is 5.24. The molecule has 0 aliphatic carbocycles. The molecule has 1 heterocycles. The van der Waals surface area contributed by atoms with E-state index in [0.29, 0.717) is 12.2 Å². The smallest absolute Gasteiger partial charge is 0.267 e. The maximum absolute atomic E-state index is 13.0. The summed E-state index contributed by atoms with van der Waals surface area (Å²) in [6, 6.07) is 25.0. The fourth-order valence-corrected chi connectivity index (χ4v) is 3.72. The van der Waals surface area contributed by atoms with Crippen LogP contribution in [0.3, 0.4) is 0 Å². The summed E-state index contributed by atoms with van der Waals surface area (Å²) in [6.07, 6.45) is 0. The average Bonchev–Trinajstić information content (AvgIpc) is 2.77. The minimum absolute atomic E-state index is 0.111.